The molecule has 25 heavy (non-hydrogen) atoms. The van der Waals surface area contributed by atoms with Gasteiger partial charge in [0, 0.05) is 23.4 Å². The second-order valence-electron chi connectivity index (χ2n) is 5.25. The van der Waals surface area contributed by atoms with Gasteiger partial charge in [0.2, 0.25) is 0 Å². The van der Waals surface area contributed by atoms with E-state index < -0.39 is 16.8 Å². The number of esters is 1. The third kappa shape index (κ3) is 4.63. The van der Waals surface area contributed by atoms with Gasteiger partial charge in [-0.05, 0) is 37.1 Å². The first kappa shape index (κ1) is 18.1. The van der Waals surface area contributed by atoms with Gasteiger partial charge in [-0.25, -0.2) is 4.79 Å². The van der Waals surface area contributed by atoms with Gasteiger partial charge in [0.25, 0.3) is 11.6 Å². The van der Waals surface area contributed by atoms with E-state index in [2.05, 4.69) is 5.32 Å². The molecule has 0 saturated carbocycles. The number of nitro groups is 1. The molecule has 0 bridgehead atoms. The van der Waals surface area contributed by atoms with E-state index in [1.54, 1.807) is 13.0 Å². The number of ether oxygens (including phenoxy) is 1. The van der Waals surface area contributed by atoms with Crippen molar-refractivity contribution in [3.05, 3.63) is 69.3 Å². The van der Waals surface area contributed by atoms with E-state index in [1.165, 1.54) is 6.07 Å². The van der Waals surface area contributed by atoms with Crippen LogP contribution in [0.3, 0.4) is 0 Å². The minimum absolute atomic E-state index is 0.0131. The summed E-state index contributed by atoms with van der Waals surface area (Å²) in [5, 5.41) is 13.8. The first-order chi connectivity index (χ1) is 11.9. The van der Waals surface area contributed by atoms with E-state index >= 15 is 0 Å². The Balaban J connectivity index is 2.34. The van der Waals surface area contributed by atoms with Crippen LogP contribution in [0.15, 0.2) is 42.5 Å². The molecule has 0 saturated heterocycles. The zero-order chi connectivity index (χ0) is 18.4. The molecule has 0 aliphatic heterocycles. The van der Waals surface area contributed by atoms with Crippen molar-refractivity contribution in [1.29, 1.82) is 0 Å². The van der Waals surface area contributed by atoms with E-state index in [4.69, 9.17) is 4.74 Å². The molecule has 0 aliphatic rings. The van der Waals surface area contributed by atoms with Crippen molar-refractivity contribution in [3.8, 4) is 0 Å². The Hall–Kier alpha value is -3.22. The molecule has 0 aliphatic carbocycles. The van der Waals surface area contributed by atoms with Crippen LogP contribution in [0.1, 0.15) is 40.1 Å². The van der Waals surface area contributed by atoms with Gasteiger partial charge in [0.1, 0.15) is 0 Å². The van der Waals surface area contributed by atoms with E-state index in [0.717, 1.165) is 24.1 Å². The topological polar surface area (TPSA) is 98.5 Å². The number of hydrogen-bond acceptors (Lipinski definition) is 5. The lowest BCUT2D eigenvalue weighted by Crippen LogP contribution is -2.14. The molecule has 0 spiro atoms. The summed E-state index contributed by atoms with van der Waals surface area (Å²) in [4.78, 5) is 34.7. The maximum Gasteiger partial charge on any atom is 0.338 e. The maximum absolute atomic E-state index is 12.4. The highest BCUT2D eigenvalue weighted by Gasteiger charge is 2.18. The number of non-ortho nitro benzene ring substituents is 1. The fraction of sp³-hybridized carbons (Fsp3) is 0.222. The van der Waals surface area contributed by atoms with Crippen molar-refractivity contribution in [1.82, 2.24) is 0 Å². The minimum Gasteiger partial charge on any atom is -0.462 e. The van der Waals surface area contributed by atoms with Crippen LogP contribution in [0.5, 0.6) is 0 Å². The molecule has 0 aromatic heterocycles. The first-order valence-electron chi connectivity index (χ1n) is 7.81. The Morgan fingerprint density at radius 2 is 1.84 bits per heavy atom. The Kier molecular flexibility index (Phi) is 5.84. The lowest BCUT2D eigenvalue weighted by Gasteiger charge is -2.08. The van der Waals surface area contributed by atoms with Crippen LogP contribution in [0, 0.1) is 10.1 Å². The lowest BCUT2D eigenvalue weighted by molar-refractivity contribution is -0.384. The van der Waals surface area contributed by atoms with Gasteiger partial charge in [-0.3, -0.25) is 14.9 Å². The van der Waals surface area contributed by atoms with Crippen molar-refractivity contribution >= 4 is 23.3 Å². The number of nitrogens with zero attached hydrogens (tertiary/aromatic N) is 1. The van der Waals surface area contributed by atoms with Gasteiger partial charge in [-0.1, -0.05) is 19.1 Å². The smallest absolute Gasteiger partial charge is 0.338 e. The maximum atomic E-state index is 12.4. The number of benzene rings is 2. The Bertz CT molecular complexity index is 817. The second kappa shape index (κ2) is 8.05. The summed E-state index contributed by atoms with van der Waals surface area (Å²) in [5.74, 6) is -1.25. The molecule has 2 aromatic rings. The minimum atomic E-state index is -0.715. The fourth-order valence-corrected chi connectivity index (χ4v) is 2.25. The molecule has 2 aromatic carbocycles. The summed E-state index contributed by atoms with van der Waals surface area (Å²) < 4.78 is 4.85. The molecule has 2 rings (SSSR count). The molecule has 7 heteroatoms. The molecule has 0 heterocycles. The molecule has 7 nitrogen and oxygen atoms in total. The average Bonchev–Trinajstić information content (AvgIpc) is 2.61. The largest absolute Gasteiger partial charge is 0.462 e. The number of rotatable bonds is 6. The predicted molar refractivity (Wildman–Crippen MR) is 92.8 cm³/mol. The van der Waals surface area contributed by atoms with Crippen LogP contribution >= 0.6 is 0 Å². The molecule has 0 unspecified atom stereocenters. The predicted octanol–water partition coefficient (Wildman–Crippen LogP) is 3.59. The van der Waals surface area contributed by atoms with Crippen LogP contribution in [0.25, 0.3) is 0 Å². The van der Waals surface area contributed by atoms with Crippen LogP contribution in [-0.2, 0) is 11.2 Å². The molecule has 0 atom stereocenters. The first-order valence-corrected chi connectivity index (χ1v) is 7.81. The fourth-order valence-electron chi connectivity index (χ4n) is 2.25. The normalized spacial score (nSPS) is 10.2. The summed E-state index contributed by atoms with van der Waals surface area (Å²) >= 11 is 0. The van der Waals surface area contributed by atoms with E-state index in [1.807, 2.05) is 25.1 Å². The van der Waals surface area contributed by atoms with Crippen molar-refractivity contribution in [2.45, 2.75) is 20.3 Å². The number of carbonyl (C=O) groups is 2. The number of nitro benzene ring substituents is 1. The average molecular weight is 342 g/mol. The molecular formula is C18H18N2O5. The Morgan fingerprint density at radius 1 is 1.12 bits per heavy atom. The van der Waals surface area contributed by atoms with Crippen molar-refractivity contribution in [3.63, 3.8) is 0 Å². The van der Waals surface area contributed by atoms with Crippen LogP contribution in [0.2, 0.25) is 0 Å². The number of amides is 1. The van der Waals surface area contributed by atoms with Gasteiger partial charge in [-0.2, -0.15) is 0 Å². The monoisotopic (exact) mass is 342 g/mol. The second-order valence-corrected chi connectivity index (χ2v) is 5.25. The number of carbonyl (C=O) groups excluding carboxylic acids is 2. The van der Waals surface area contributed by atoms with Crippen molar-refractivity contribution in [2.75, 3.05) is 11.9 Å². The zero-order valence-corrected chi connectivity index (χ0v) is 13.9. The third-order valence-corrected chi connectivity index (χ3v) is 3.50. The van der Waals surface area contributed by atoms with E-state index in [-0.39, 0.29) is 23.4 Å². The molecule has 0 fully saturated rings. The highest BCUT2D eigenvalue weighted by Crippen LogP contribution is 2.20. The van der Waals surface area contributed by atoms with Crippen molar-refractivity contribution in [2.24, 2.45) is 0 Å². The highest BCUT2D eigenvalue weighted by molar-refractivity contribution is 6.06. The van der Waals surface area contributed by atoms with Gasteiger partial charge < -0.3 is 10.1 Å². The van der Waals surface area contributed by atoms with Gasteiger partial charge >= 0.3 is 5.97 Å². The van der Waals surface area contributed by atoms with Crippen molar-refractivity contribution < 1.29 is 19.2 Å². The van der Waals surface area contributed by atoms with Gasteiger partial charge in [0.15, 0.2) is 0 Å². The number of anilines is 1. The SMILES string of the molecule is CCOC(=O)c1cc(C(=O)Nc2cccc(CC)c2)cc([N+](=O)[O-])c1. The highest BCUT2D eigenvalue weighted by atomic mass is 16.6. The summed E-state index contributed by atoms with van der Waals surface area (Å²) in [6.45, 7) is 3.75. The summed E-state index contributed by atoms with van der Waals surface area (Å²) in [6.07, 6.45) is 0.813. The molecule has 0 radical (unpaired) electrons. The Morgan fingerprint density at radius 3 is 2.48 bits per heavy atom. The van der Waals surface area contributed by atoms with E-state index in [0.29, 0.717) is 5.69 Å². The molecule has 130 valence electrons. The van der Waals surface area contributed by atoms with Gasteiger partial charge in [0.05, 0.1) is 17.1 Å². The number of aryl methyl sites for hydroxylation is 1. The molecule has 1 N–H and O–H groups in total. The van der Waals surface area contributed by atoms with E-state index in [9.17, 15) is 19.7 Å². The molecular weight excluding hydrogens is 324 g/mol. The van der Waals surface area contributed by atoms with Crippen LogP contribution < -0.4 is 5.32 Å². The summed E-state index contributed by atoms with van der Waals surface area (Å²) in [7, 11) is 0. The quantitative estimate of drug-likeness (QED) is 0.491. The van der Waals surface area contributed by atoms with Crippen LogP contribution in [0.4, 0.5) is 11.4 Å². The molecule has 1 amide bonds. The Labute approximate surface area is 144 Å². The van der Waals surface area contributed by atoms with Gasteiger partial charge in [-0.15, -0.1) is 0 Å². The van der Waals surface area contributed by atoms with Crippen LogP contribution in [-0.4, -0.2) is 23.4 Å². The summed E-state index contributed by atoms with van der Waals surface area (Å²) in [6, 6.07) is 10.8. The summed E-state index contributed by atoms with van der Waals surface area (Å²) in [5.41, 5.74) is 1.25. The third-order valence-electron chi connectivity index (χ3n) is 3.50. The number of hydrogen-bond donors (Lipinski definition) is 1. The standard InChI is InChI=1S/C18H18N2O5/c1-3-12-6-5-7-15(8-12)19-17(21)13-9-14(18(22)25-4-2)11-16(10-13)20(23)24/h5-11H,3-4H2,1-2H3,(H,19,21). The lowest BCUT2D eigenvalue weighted by atomic mass is 10.1. The zero-order valence-electron chi connectivity index (χ0n) is 13.9. The number of nitrogens with one attached hydrogen (secondary N) is 1.